The fourth-order valence-corrected chi connectivity index (χ4v) is 4.20. The molecule has 3 aromatic rings. The molecule has 0 saturated heterocycles. The Morgan fingerprint density at radius 2 is 1.79 bits per heavy atom. The van der Waals surface area contributed by atoms with E-state index < -0.39 is 6.04 Å². The van der Waals surface area contributed by atoms with Crippen molar-refractivity contribution in [3.63, 3.8) is 0 Å². The number of H-pyrrole nitrogens is 1. The average molecular weight is 484 g/mol. The molecule has 0 saturated carbocycles. The third-order valence-electron chi connectivity index (χ3n) is 5.90. The van der Waals surface area contributed by atoms with Gasteiger partial charge in [0.25, 0.3) is 0 Å². The first kappa shape index (κ1) is 25.8. The fraction of sp³-hybridized carbons (Fsp3) is 0.407. The van der Waals surface area contributed by atoms with Gasteiger partial charge in [-0.2, -0.15) is 0 Å². The Morgan fingerprint density at radius 1 is 1.06 bits per heavy atom. The number of aromatic amines is 1. The monoisotopic (exact) mass is 483 g/mol. The van der Waals surface area contributed by atoms with Gasteiger partial charge in [0.1, 0.15) is 6.04 Å². The SMILES string of the molecule is CCCCCN(CCCOC)C(=O)[C@@H](NC(=O)Cc1c[nH]c2ccccc12)c1ccc(Cl)cc1. The standard InChI is InChI=1S/C27H34ClN3O3/c1-3-4-7-15-31(16-8-17-34-2)27(33)26(20-11-13-22(28)14-12-20)30-25(32)18-21-19-29-24-10-6-5-9-23(21)24/h5-6,9-14,19,26,29H,3-4,7-8,15-18H2,1-2H3,(H,30,32)/t26-/m0/s1. The smallest absolute Gasteiger partial charge is 0.249 e. The van der Waals surface area contributed by atoms with Crippen molar-refractivity contribution in [3.05, 3.63) is 70.9 Å². The molecule has 0 bridgehead atoms. The molecule has 0 spiro atoms. The number of carbonyl (C=O) groups is 2. The van der Waals surface area contributed by atoms with Gasteiger partial charge >= 0.3 is 0 Å². The summed E-state index contributed by atoms with van der Waals surface area (Å²) in [5, 5.41) is 4.59. The number of ether oxygens (including phenoxy) is 1. The Labute approximate surface area is 206 Å². The van der Waals surface area contributed by atoms with Crippen molar-refractivity contribution < 1.29 is 14.3 Å². The van der Waals surface area contributed by atoms with E-state index in [2.05, 4.69) is 17.2 Å². The van der Waals surface area contributed by atoms with Crippen LogP contribution in [0.5, 0.6) is 0 Å². The van der Waals surface area contributed by atoms with Gasteiger partial charge in [-0.1, -0.05) is 61.7 Å². The van der Waals surface area contributed by atoms with E-state index in [1.165, 1.54) is 0 Å². The van der Waals surface area contributed by atoms with Crippen molar-refractivity contribution in [2.24, 2.45) is 0 Å². The van der Waals surface area contributed by atoms with Gasteiger partial charge in [0.2, 0.25) is 11.8 Å². The molecule has 0 aliphatic rings. The maximum absolute atomic E-state index is 13.7. The number of hydrogen-bond acceptors (Lipinski definition) is 3. The van der Waals surface area contributed by atoms with Gasteiger partial charge in [0.05, 0.1) is 6.42 Å². The molecule has 7 heteroatoms. The summed E-state index contributed by atoms with van der Waals surface area (Å²) in [5.41, 5.74) is 2.60. The lowest BCUT2D eigenvalue weighted by atomic mass is 10.0. The first-order chi connectivity index (χ1) is 16.5. The predicted octanol–water partition coefficient (Wildman–Crippen LogP) is 5.28. The minimum Gasteiger partial charge on any atom is -0.385 e. The van der Waals surface area contributed by atoms with Crippen LogP contribution in [-0.2, 0) is 20.7 Å². The highest BCUT2D eigenvalue weighted by molar-refractivity contribution is 6.30. The van der Waals surface area contributed by atoms with E-state index in [0.29, 0.717) is 30.3 Å². The zero-order valence-corrected chi connectivity index (χ0v) is 20.7. The number of nitrogens with one attached hydrogen (secondary N) is 2. The zero-order valence-electron chi connectivity index (χ0n) is 20.0. The number of para-hydroxylation sites is 1. The van der Waals surface area contributed by atoms with E-state index in [4.69, 9.17) is 16.3 Å². The van der Waals surface area contributed by atoms with Gasteiger partial charge in [0.15, 0.2) is 0 Å². The number of carbonyl (C=O) groups excluding carboxylic acids is 2. The van der Waals surface area contributed by atoms with Crippen molar-refractivity contribution >= 4 is 34.3 Å². The minimum absolute atomic E-state index is 0.109. The largest absolute Gasteiger partial charge is 0.385 e. The Hall–Kier alpha value is -2.83. The highest BCUT2D eigenvalue weighted by atomic mass is 35.5. The molecular formula is C27H34ClN3O3. The second-order valence-corrected chi connectivity index (χ2v) is 8.90. The van der Waals surface area contributed by atoms with E-state index >= 15 is 0 Å². The first-order valence-electron chi connectivity index (χ1n) is 11.9. The molecule has 182 valence electrons. The molecule has 1 atom stereocenters. The van der Waals surface area contributed by atoms with E-state index in [1.54, 1.807) is 31.4 Å². The van der Waals surface area contributed by atoms with Crippen LogP contribution in [-0.4, -0.2) is 48.5 Å². The minimum atomic E-state index is -0.779. The number of methoxy groups -OCH3 is 1. The van der Waals surface area contributed by atoms with Gasteiger partial charge in [-0.25, -0.2) is 0 Å². The number of amides is 2. The number of benzene rings is 2. The Kier molecular flexibility index (Phi) is 9.98. The summed E-state index contributed by atoms with van der Waals surface area (Å²) in [6.45, 7) is 3.95. The molecular weight excluding hydrogens is 450 g/mol. The van der Waals surface area contributed by atoms with Gasteiger partial charge < -0.3 is 19.9 Å². The van der Waals surface area contributed by atoms with Gasteiger partial charge in [-0.15, -0.1) is 0 Å². The van der Waals surface area contributed by atoms with Gasteiger partial charge in [0, 0.05) is 48.9 Å². The topological polar surface area (TPSA) is 74.4 Å². The Bertz CT molecular complexity index is 1050. The van der Waals surface area contributed by atoms with Crippen LogP contribution in [0, 0.1) is 0 Å². The molecule has 2 N–H and O–H groups in total. The summed E-state index contributed by atoms with van der Waals surface area (Å²) in [4.78, 5) is 31.9. The van der Waals surface area contributed by atoms with Crippen LogP contribution in [0.2, 0.25) is 5.02 Å². The average Bonchev–Trinajstić information content (AvgIpc) is 3.25. The Morgan fingerprint density at radius 3 is 2.53 bits per heavy atom. The lowest BCUT2D eigenvalue weighted by Crippen LogP contribution is -2.44. The van der Waals surface area contributed by atoms with Gasteiger partial charge in [-0.05, 0) is 42.2 Å². The third-order valence-corrected chi connectivity index (χ3v) is 6.15. The van der Waals surface area contributed by atoms with Crippen LogP contribution in [0.4, 0.5) is 0 Å². The number of nitrogens with zero attached hydrogens (tertiary/aromatic N) is 1. The number of unbranched alkanes of at least 4 members (excludes halogenated alkanes) is 2. The number of hydrogen-bond donors (Lipinski definition) is 2. The Balaban J connectivity index is 1.80. The molecule has 6 nitrogen and oxygen atoms in total. The van der Waals surface area contributed by atoms with Crippen LogP contribution < -0.4 is 5.32 Å². The highest BCUT2D eigenvalue weighted by Gasteiger charge is 2.27. The molecule has 2 amide bonds. The van der Waals surface area contributed by atoms with E-state index in [-0.39, 0.29) is 18.2 Å². The molecule has 0 aliphatic heterocycles. The van der Waals surface area contributed by atoms with Crippen molar-refractivity contribution in [2.75, 3.05) is 26.8 Å². The zero-order chi connectivity index (χ0) is 24.3. The molecule has 1 aromatic heterocycles. The molecule has 0 radical (unpaired) electrons. The molecule has 0 unspecified atom stereocenters. The molecule has 3 rings (SSSR count). The summed E-state index contributed by atoms with van der Waals surface area (Å²) in [7, 11) is 1.66. The van der Waals surface area contributed by atoms with Crippen LogP contribution in [0.25, 0.3) is 10.9 Å². The summed E-state index contributed by atoms with van der Waals surface area (Å²) < 4.78 is 5.19. The molecule has 0 fully saturated rings. The highest BCUT2D eigenvalue weighted by Crippen LogP contribution is 2.22. The summed E-state index contributed by atoms with van der Waals surface area (Å²) in [6.07, 6.45) is 5.82. The van der Waals surface area contributed by atoms with Crippen molar-refractivity contribution in [1.82, 2.24) is 15.2 Å². The van der Waals surface area contributed by atoms with E-state index in [0.717, 1.165) is 42.1 Å². The van der Waals surface area contributed by atoms with E-state index in [1.807, 2.05) is 35.4 Å². The summed E-state index contributed by atoms with van der Waals surface area (Å²) in [6, 6.07) is 14.2. The lowest BCUT2D eigenvalue weighted by molar-refractivity contribution is -0.136. The number of aromatic nitrogens is 1. The maximum atomic E-state index is 13.7. The maximum Gasteiger partial charge on any atom is 0.249 e. The van der Waals surface area contributed by atoms with Gasteiger partial charge in [-0.3, -0.25) is 9.59 Å². The number of rotatable bonds is 13. The third kappa shape index (κ3) is 7.08. The predicted molar refractivity (Wildman–Crippen MR) is 137 cm³/mol. The van der Waals surface area contributed by atoms with Crippen molar-refractivity contribution in [2.45, 2.75) is 45.1 Å². The van der Waals surface area contributed by atoms with Crippen molar-refractivity contribution in [3.8, 4) is 0 Å². The lowest BCUT2D eigenvalue weighted by Gasteiger charge is -2.28. The van der Waals surface area contributed by atoms with Crippen LogP contribution in [0.3, 0.4) is 0 Å². The summed E-state index contributed by atoms with van der Waals surface area (Å²) in [5.74, 6) is -0.315. The fourth-order valence-electron chi connectivity index (χ4n) is 4.07. The van der Waals surface area contributed by atoms with Crippen LogP contribution >= 0.6 is 11.6 Å². The number of halogens is 1. The first-order valence-corrected chi connectivity index (χ1v) is 12.3. The summed E-state index contributed by atoms with van der Waals surface area (Å²) >= 11 is 6.08. The van der Waals surface area contributed by atoms with Crippen LogP contribution in [0.1, 0.15) is 49.8 Å². The van der Waals surface area contributed by atoms with Crippen molar-refractivity contribution in [1.29, 1.82) is 0 Å². The second-order valence-electron chi connectivity index (χ2n) is 8.47. The molecule has 2 aromatic carbocycles. The van der Waals surface area contributed by atoms with Crippen LogP contribution in [0.15, 0.2) is 54.7 Å². The number of fused-ring (bicyclic) bond motifs is 1. The molecule has 0 aliphatic carbocycles. The molecule has 1 heterocycles. The second kappa shape index (κ2) is 13.2. The molecule has 34 heavy (non-hydrogen) atoms. The normalized spacial score (nSPS) is 12.0. The van der Waals surface area contributed by atoms with E-state index in [9.17, 15) is 9.59 Å². The quantitative estimate of drug-likeness (QED) is 0.325.